The highest BCUT2D eigenvalue weighted by Gasteiger charge is 2.10. The summed E-state index contributed by atoms with van der Waals surface area (Å²) >= 11 is 0. The zero-order valence-electron chi connectivity index (χ0n) is 10.7. The summed E-state index contributed by atoms with van der Waals surface area (Å²) < 4.78 is 7.40. The Balaban J connectivity index is 2.49. The minimum atomic E-state index is 0.343. The quantitative estimate of drug-likeness (QED) is 0.766. The lowest BCUT2D eigenvalue weighted by Crippen LogP contribution is -2.32. The largest absolute Gasteiger partial charge is 0.380 e. The van der Waals surface area contributed by atoms with Crippen LogP contribution in [-0.4, -0.2) is 36.1 Å². The Morgan fingerprint density at radius 2 is 2.25 bits per heavy atom. The van der Waals surface area contributed by atoms with Gasteiger partial charge in [0.05, 0.1) is 12.3 Å². The molecule has 4 heteroatoms. The van der Waals surface area contributed by atoms with Crippen LogP contribution >= 0.6 is 0 Å². The molecule has 0 amide bonds. The van der Waals surface area contributed by atoms with Crippen LogP contribution in [0.3, 0.4) is 0 Å². The summed E-state index contributed by atoms with van der Waals surface area (Å²) in [6.07, 6.45) is 2.95. The highest BCUT2D eigenvalue weighted by molar-refractivity contribution is 5.02. The second-order valence-corrected chi connectivity index (χ2v) is 4.23. The topological polar surface area (TPSA) is 39.1 Å². The van der Waals surface area contributed by atoms with Crippen LogP contribution in [0.2, 0.25) is 0 Å². The van der Waals surface area contributed by atoms with Crippen molar-refractivity contribution in [3.8, 4) is 0 Å². The van der Waals surface area contributed by atoms with Crippen LogP contribution in [-0.2, 0) is 11.2 Å². The predicted octanol–water partition coefficient (Wildman–Crippen LogP) is 1.63. The number of ether oxygens (including phenoxy) is 1. The molecule has 0 aromatic carbocycles. The summed E-state index contributed by atoms with van der Waals surface area (Å²) in [5, 5.41) is 7.78. The van der Waals surface area contributed by atoms with Crippen LogP contribution in [0, 0.1) is 0 Å². The first-order valence-electron chi connectivity index (χ1n) is 5.96. The van der Waals surface area contributed by atoms with E-state index in [-0.39, 0.29) is 0 Å². The van der Waals surface area contributed by atoms with Gasteiger partial charge in [-0.25, -0.2) is 0 Å². The molecular formula is C12H23N3O. The number of nitrogens with zero attached hydrogens (tertiary/aromatic N) is 2. The molecule has 16 heavy (non-hydrogen) atoms. The zero-order valence-corrected chi connectivity index (χ0v) is 10.7. The van der Waals surface area contributed by atoms with Crippen LogP contribution in [0.5, 0.6) is 0 Å². The van der Waals surface area contributed by atoms with Crippen molar-refractivity contribution in [1.82, 2.24) is 15.1 Å². The van der Waals surface area contributed by atoms with Crippen molar-refractivity contribution in [2.24, 2.45) is 0 Å². The molecule has 1 aromatic heterocycles. The number of hydrogen-bond acceptors (Lipinski definition) is 3. The molecular weight excluding hydrogens is 202 g/mol. The minimum absolute atomic E-state index is 0.343. The molecule has 0 bridgehead atoms. The summed E-state index contributed by atoms with van der Waals surface area (Å²) in [5.41, 5.74) is 1.12. The van der Waals surface area contributed by atoms with E-state index >= 15 is 0 Å². The Labute approximate surface area is 98.0 Å². The molecule has 0 spiro atoms. The van der Waals surface area contributed by atoms with E-state index in [0.29, 0.717) is 12.1 Å². The number of hydrogen-bond donors (Lipinski definition) is 1. The first kappa shape index (κ1) is 13.2. The van der Waals surface area contributed by atoms with Gasteiger partial charge in [0.15, 0.2) is 0 Å². The molecule has 4 nitrogen and oxygen atoms in total. The van der Waals surface area contributed by atoms with Crippen LogP contribution in [0.4, 0.5) is 0 Å². The van der Waals surface area contributed by atoms with Crippen molar-refractivity contribution >= 4 is 0 Å². The van der Waals surface area contributed by atoms with Gasteiger partial charge in [0, 0.05) is 31.3 Å². The summed E-state index contributed by atoms with van der Waals surface area (Å²) in [7, 11) is 1.96. The average Bonchev–Trinajstić information content (AvgIpc) is 2.72. The van der Waals surface area contributed by atoms with Gasteiger partial charge in [-0.3, -0.25) is 4.68 Å². The molecule has 0 aliphatic rings. The maximum Gasteiger partial charge on any atom is 0.0641 e. The van der Waals surface area contributed by atoms with Gasteiger partial charge in [0.25, 0.3) is 0 Å². The zero-order chi connectivity index (χ0) is 12.0. The van der Waals surface area contributed by atoms with Crippen LogP contribution in [0.1, 0.15) is 32.5 Å². The van der Waals surface area contributed by atoms with Crippen molar-refractivity contribution < 1.29 is 4.74 Å². The second kappa shape index (κ2) is 6.66. The van der Waals surface area contributed by atoms with E-state index in [1.54, 1.807) is 0 Å². The third kappa shape index (κ3) is 3.94. The van der Waals surface area contributed by atoms with Gasteiger partial charge < -0.3 is 10.1 Å². The molecule has 0 fully saturated rings. The van der Waals surface area contributed by atoms with Crippen LogP contribution in [0.15, 0.2) is 12.3 Å². The maximum absolute atomic E-state index is 5.42. The first-order valence-corrected chi connectivity index (χ1v) is 5.96. The van der Waals surface area contributed by atoms with Gasteiger partial charge in [0.2, 0.25) is 0 Å². The predicted molar refractivity (Wildman–Crippen MR) is 65.7 cm³/mol. The van der Waals surface area contributed by atoms with E-state index in [0.717, 1.165) is 25.3 Å². The molecule has 0 aliphatic carbocycles. The Bertz CT molecular complexity index is 296. The SMILES string of the molecule is CCOCC(Cc1ccn(C(C)C)n1)NC. The van der Waals surface area contributed by atoms with Crippen molar-refractivity contribution in [2.75, 3.05) is 20.3 Å². The summed E-state index contributed by atoms with van der Waals surface area (Å²) in [5.74, 6) is 0. The van der Waals surface area contributed by atoms with Crippen LogP contribution in [0.25, 0.3) is 0 Å². The Morgan fingerprint density at radius 1 is 1.50 bits per heavy atom. The molecule has 1 aromatic rings. The summed E-state index contributed by atoms with van der Waals surface area (Å²) in [4.78, 5) is 0. The lowest BCUT2D eigenvalue weighted by atomic mass is 10.2. The molecule has 1 unspecified atom stereocenters. The summed E-state index contributed by atoms with van der Waals surface area (Å²) in [6, 6.07) is 2.85. The second-order valence-electron chi connectivity index (χ2n) is 4.23. The summed E-state index contributed by atoms with van der Waals surface area (Å²) in [6.45, 7) is 7.78. The lowest BCUT2D eigenvalue weighted by Gasteiger charge is -2.14. The molecule has 0 aliphatic heterocycles. The fraction of sp³-hybridized carbons (Fsp3) is 0.750. The highest BCUT2D eigenvalue weighted by Crippen LogP contribution is 2.06. The van der Waals surface area contributed by atoms with Crippen molar-refractivity contribution in [2.45, 2.75) is 39.3 Å². The molecule has 1 N–H and O–H groups in total. The Morgan fingerprint density at radius 3 is 2.75 bits per heavy atom. The van der Waals surface area contributed by atoms with E-state index in [4.69, 9.17) is 4.74 Å². The molecule has 1 heterocycles. The monoisotopic (exact) mass is 225 g/mol. The average molecular weight is 225 g/mol. The van der Waals surface area contributed by atoms with Crippen LogP contribution < -0.4 is 5.32 Å². The van der Waals surface area contributed by atoms with Crippen molar-refractivity contribution in [3.63, 3.8) is 0 Å². The molecule has 92 valence electrons. The lowest BCUT2D eigenvalue weighted by molar-refractivity contribution is 0.124. The third-order valence-corrected chi connectivity index (χ3v) is 2.58. The standard InChI is InChI=1S/C12H23N3O/c1-5-16-9-12(13-4)8-11-6-7-15(14-11)10(2)3/h6-7,10,12-13H,5,8-9H2,1-4H3. The van der Waals surface area contributed by atoms with Gasteiger partial charge in [-0.15, -0.1) is 0 Å². The van der Waals surface area contributed by atoms with Gasteiger partial charge in [0.1, 0.15) is 0 Å². The number of aromatic nitrogens is 2. The van der Waals surface area contributed by atoms with E-state index in [1.165, 1.54) is 0 Å². The number of nitrogens with one attached hydrogen (secondary N) is 1. The Kier molecular flexibility index (Phi) is 5.49. The van der Waals surface area contributed by atoms with E-state index in [2.05, 4.69) is 30.3 Å². The van der Waals surface area contributed by atoms with E-state index in [9.17, 15) is 0 Å². The molecule has 0 radical (unpaired) electrons. The van der Waals surface area contributed by atoms with Gasteiger partial charge in [-0.1, -0.05) is 0 Å². The normalized spacial score (nSPS) is 13.3. The first-order chi connectivity index (χ1) is 7.67. The number of likely N-dealkylation sites (N-methyl/N-ethyl adjacent to an activating group) is 1. The highest BCUT2D eigenvalue weighted by atomic mass is 16.5. The molecule has 0 saturated carbocycles. The van der Waals surface area contributed by atoms with Gasteiger partial charge in [-0.05, 0) is 33.9 Å². The molecule has 1 rings (SSSR count). The maximum atomic E-state index is 5.42. The minimum Gasteiger partial charge on any atom is -0.380 e. The third-order valence-electron chi connectivity index (χ3n) is 2.58. The smallest absolute Gasteiger partial charge is 0.0641 e. The van der Waals surface area contributed by atoms with Crippen molar-refractivity contribution in [1.29, 1.82) is 0 Å². The van der Waals surface area contributed by atoms with E-state index in [1.807, 2.05) is 24.9 Å². The fourth-order valence-corrected chi connectivity index (χ4v) is 1.53. The van der Waals surface area contributed by atoms with E-state index < -0.39 is 0 Å². The van der Waals surface area contributed by atoms with Gasteiger partial charge in [-0.2, -0.15) is 5.10 Å². The molecule has 1 atom stereocenters. The fourth-order valence-electron chi connectivity index (χ4n) is 1.53. The van der Waals surface area contributed by atoms with Crippen molar-refractivity contribution in [3.05, 3.63) is 18.0 Å². The molecule has 0 saturated heterocycles. The Hall–Kier alpha value is -0.870. The number of rotatable bonds is 7. The van der Waals surface area contributed by atoms with Gasteiger partial charge >= 0.3 is 0 Å².